The van der Waals surface area contributed by atoms with Crippen molar-refractivity contribution in [3.05, 3.63) is 65.0 Å². The maximum absolute atomic E-state index is 13.7. The van der Waals surface area contributed by atoms with E-state index in [2.05, 4.69) is 10.6 Å². The van der Waals surface area contributed by atoms with Crippen LogP contribution in [0.15, 0.2) is 42.5 Å². The lowest BCUT2D eigenvalue weighted by molar-refractivity contribution is 0.0951. The topological polar surface area (TPSA) is 84.2 Å². The minimum atomic E-state index is -0.595. The number of amides is 2. The third-order valence-electron chi connectivity index (χ3n) is 3.75. The van der Waals surface area contributed by atoms with E-state index < -0.39 is 11.7 Å². The van der Waals surface area contributed by atoms with Gasteiger partial charge in [0.1, 0.15) is 5.82 Å². The van der Waals surface area contributed by atoms with Gasteiger partial charge in [0.15, 0.2) is 0 Å². The first-order valence-corrected chi connectivity index (χ1v) is 8.09. The molecule has 2 amide bonds. The summed E-state index contributed by atoms with van der Waals surface area (Å²) in [4.78, 5) is 24.4. The van der Waals surface area contributed by atoms with Crippen LogP contribution in [0.3, 0.4) is 0 Å². The van der Waals surface area contributed by atoms with Gasteiger partial charge in [-0.3, -0.25) is 9.59 Å². The molecule has 0 bridgehead atoms. The van der Waals surface area contributed by atoms with E-state index in [0.717, 1.165) is 5.56 Å². The van der Waals surface area contributed by atoms with Crippen LogP contribution < -0.4 is 16.4 Å². The van der Waals surface area contributed by atoms with Gasteiger partial charge in [-0.2, -0.15) is 0 Å². The summed E-state index contributed by atoms with van der Waals surface area (Å²) in [6.07, 6.45) is 0.675. The molecule has 2 rings (SSSR count). The average molecular weight is 343 g/mol. The highest BCUT2D eigenvalue weighted by atomic mass is 19.1. The standard InChI is InChI=1S/C19H22FN3O2/c1-12-7-8-14(18(24)22-10-9-13(2)21)11-17(12)23-19(25)15-5-3-4-6-16(15)20/h3-8,11,13H,9-10,21H2,1-2H3,(H,22,24)(H,23,25). The van der Waals surface area contributed by atoms with E-state index >= 15 is 0 Å². The van der Waals surface area contributed by atoms with Crippen molar-refractivity contribution in [2.75, 3.05) is 11.9 Å². The first-order valence-electron chi connectivity index (χ1n) is 8.09. The van der Waals surface area contributed by atoms with E-state index in [1.54, 1.807) is 31.2 Å². The molecule has 1 unspecified atom stereocenters. The van der Waals surface area contributed by atoms with Crippen LogP contribution >= 0.6 is 0 Å². The van der Waals surface area contributed by atoms with Gasteiger partial charge in [-0.15, -0.1) is 0 Å². The Morgan fingerprint density at radius 2 is 1.88 bits per heavy atom. The summed E-state index contributed by atoms with van der Waals surface area (Å²) in [5.41, 5.74) is 7.26. The number of carbonyl (C=O) groups is 2. The molecule has 0 aliphatic heterocycles. The molecule has 0 heterocycles. The molecule has 2 aromatic rings. The van der Waals surface area contributed by atoms with Crippen molar-refractivity contribution in [1.82, 2.24) is 5.32 Å². The van der Waals surface area contributed by atoms with Crippen LogP contribution in [0.25, 0.3) is 0 Å². The second kappa shape index (κ2) is 8.39. The highest BCUT2D eigenvalue weighted by molar-refractivity contribution is 6.05. The van der Waals surface area contributed by atoms with E-state index in [-0.39, 0.29) is 17.5 Å². The van der Waals surface area contributed by atoms with Gasteiger partial charge in [-0.1, -0.05) is 18.2 Å². The van der Waals surface area contributed by atoms with Crippen LogP contribution in [0, 0.1) is 12.7 Å². The first kappa shape index (κ1) is 18.6. The van der Waals surface area contributed by atoms with Gasteiger partial charge >= 0.3 is 0 Å². The number of halogens is 1. The summed E-state index contributed by atoms with van der Waals surface area (Å²) < 4.78 is 13.7. The minimum absolute atomic E-state index is 0.00827. The number of hydrogen-bond donors (Lipinski definition) is 3. The fourth-order valence-electron chi connectivity index (χ4n) is 2.25. The van der Waals surface area contributed by atoms with Crippen molar-refractivity contribution in [2.45, 2.75) is 26.3 Å². The zero-order valence-electron chi connectivity index (χ0n) is 14.3. The molecule has 1 atom stereocenters. The lowest BCUT2D eigenvalue weighted by Crippen LogP contribution is -2.29. The number of benzene rings is 2. The van der Waals surface area contributed by atoms with E-state index in [0.29, 0.717) is 24.2 Å². The van der Waals surface area contributed by atoms with Gasteiger partial charge in [0.25, 0.3) is 11.8 Å². The molecule has 0 saturated heterocycles. The molecule has 6 heteroatoms. The first-order chi connectivity index (χ1) is 11.9. The number of anilines is 1. The fraction of sp³-hybridized carbons (Fsp3) is 0.263. The zero-order valence-corrected chi connectivity index (χ0v) is 14.3. The van der Waals surface area contributed by atoms with Gasteiger partial charge in [0, 0.05) is 23.8 Å². The predicted molar refractivity (Wildman–Crippen MR) is 96.1 cm³/mol. The number of nitrogens with one attached hydrogen (secondary N) is 2. The maximum Gasteiger partial charge on any atom is 0.258 e. The molecule has 0 saturated carbocycles. The van der Waals surface area contributed by atoms with Crippen LogP contribution in [-0.2, 0) is 0 Å². The van der Waals surface area contributed by atoms with E-state index in [1.807, 2.05) is 6.92 Å². The number of hydrogen-bond acceptors (Lipinski definition) is 3. The van der Waals surface area contributed by atoms with E-state index in [1.165, 1.54) is 18.2 Å². The Hall–Kier alpha value is -2.73. The maximum atomic E-state index is 13.7. The number of aryl methyl sites for hydroxylation is 1. The quantitative estimate of drug-likeness (QED) is 0.754. The molecule has 0 aromatic heterocycles. The van der Waals surface area contributed by atoms with Gasteiger partial charge in [0.05, 0.1) is 5.56 Å². The summed E-state index contributed by atoms with van der Waals surface area (Å²) in [6.45, 7) is 4.14. The molecule has 0 aliphatic carbocycles. The molecule has 0 spiro atoms. The molecular formula is C19H22FN3O2. The number of carbonyl (C=O) groups excluding carboxylic acids is 2. The lowest BCUT2D eigenvalue weighted by Gasteiger charge is -2.12. The van der Waals surface area contributed by atoms with Crippen molar-refractivity contribution in [2.24, 2.45) is 5.73 Å². The van der Waals surface area contributed by atoms with Gasteiger partial charge in [0.2, 0.25) is 0 Å². The van der Waals surface area contributed by atoms with Crippen LogP contribution in [0.5, 0.6) is 0 Å². The molecule has 0 radical (unpaired) electrons. The molecule has 25 heavy (non-hydrogen) atoms. The molecule has 5 nitrogen and oxygen atoms in total. The Bertz CT molecular complexity index is 775. The molecule has 4 N–H and O–H groups in total. The van der Waals surface area contributed by atoms with Crippen molar-refractivity contribution >= 4 is 17.5 Å². The summed E-state index contributed by atoms with van der Waals surface area (Å²) in [5.74, 6) is -1.40. The largest absolute Gasteiger partial charge is 0.352 e. The molecule has 0 aliphatic rings. The Labute approximate surface area is 146 Å². The second-order valence-corrected chi connectivity index (χ2v) is 5.99. The zero-order chi connectivity index (χ0) is 18.4. The third kappa shape index (κ3) is 5.12. The summed E-state index contributed by atoms with van der Waals surface area (Å²) in [6, 6.07) is 10.7. The SMILES string of the molecule is Cc1ccc(C(=O)NCCC(C)N)cc1NC(=O)c1ccccc1F. The fourth-order valence-corrected chi connectivity index (χ4v) is 2.25. The lowest BCUT2D eigenvalue weighted by atomic mass is 10.1. The predicted octanol–water partition coefficient (Wildman–Crippen LogP) is 2.85. The smallest absolute Gasteiger partial charge is 0.258 e. The molecular weight excluding hydrogens is 321 g/mol. The highest BCUT2D eigenvalue weighted by Gasteiger charge is 2.14. The van der Waals surface area contributed by atoms with Crippen LogP contribution in [0.1, 0.15) is 39.6 Å². The van der Waals surface area contributed by atoms with Crippen molar-refractivity contribution < 1.29 is 14.0 Å². The Balaban J connectivity index is 2.12. The highest BCUT2D eigenvalue weighted by Crippen LogP contribution is 2.19. The van der Waals surface area contributed by atoms with Crippen molar-refractivity contribution in [3.63, 3.8) is 0 Å². The van der Waals surface area contributed by atoms with Crippen LogP contribution in [-0.4, -0.2) is 24.4 Å². The summed E-state index contributed by atoms with van der Waals surface area (Å²) in [7, 11) is 0. The molecule has 132 valence electrons. The van der Waals surface area contributed by atoms with Crippen LogP contribution in [0.2, 0.25) is 0 Å². The Morgan fingerprint density at radius 3 is 2.56 bits per heavy atom. The monoisotopic (exact) mass is 343 g/mol. The number of rotatable bonds is 6. The molecule has 2 aromatic carbocycles. The average Bonchev–Trinajstić information content (AvgIpc) is 2.56. The minimum Gasteiger partial charge on any atom is -0.352 e. The van der Waals surface area contributed by atoms with Crippen molar-refractivity contribution in [3.8, 4) is 0 Å². The van der Waals surface area contributed by atoms with Gasteiger partial charge in [-0.25, -0.2) is 4.39 Å². The molecule has 0 fully saturated rings. The van der Waals surface area contributed by atoms with Crippen LogP contribution in [0.4, 0.5) is 10.1 Å². The van der Waals surface area contributed by atoms with Gasteiger partial charge in [-0.05, 0) is 50.1 Å². The summed E-state index contributed by atoms with van der Waals surface area (Å²) in [5, 5.41) is 5.44. The van der Waals surface area contributed by atoms with E-state index in [4.69, 9.17) is 5.73 Å². The third-order valence-corrected chi connectivity index (χ3v) is 3.75. The summed E-state index contributed by atoms with van der Waals surface area (Å²) >= 11 is 0. The Morgan fingerprint density at radius 1 is 1.16 bits per heavy atom. The second-order valence-electron chi connectivity index (χ2n) is 5.99. The number of nitrogens with two attached hydrogens (primary N) is 1. The van der Waals surface area contributed by atoms with E-state index in [9.17, 15) is 14.0 Å². The van der Waals surface area contributed by atoms with Gasteiger partial charge < -0.3 is 16.4 Å². The normalized spacial score (nSPS) is 11.7. The Kier molecular flexibility index (Phi) is 6.25. The van der Waals surface area contributed by atoms with Crippen molar-refractivity contribution in [1.29, 1.82) is 0 Å².